The standard InChI is InChI=1S/C21H21FN4/c22-15-3-4-18-17(12-15)16-5-9-26-20(14-2-1-8-23-13-14)25-10-6-21(26,7-11-25)19(16)24-18/h1-4,8,12-13,20,24H,5-7,9-11H2/t20-/m0/s1. The molecule has 1 atom stereocenters. The summed E-state index contributed by atoms with van der Waals surface area (Å²) in [5.41, 5.74) is 5.05. The quantitative estimate of drug-likeness (QED) is 0.730. The predicted molar refractivity (Wildman–Crippen MR) is 98.1 cm³/mol. The number of H-pyrrole nitrogens is 1. The number of piperidine rings is 1. The van der Waals surface area contributed by atoms with Crippen LogP contribution in [0.15, 0.2) is 42.7 Å². The van der Waals surface area contributed by atoms with E-state index < -0.39 is 0 Å². The number of nitrogens with one attached hydrogen (secondary N) is 1. The topological polar surface area (TPSA) is 35.2 Å². The van der Waals surface area contributed by atoms with Crippen molar-refractivity contribution in [2.24, 2.45) is 0 Å². The van der Waals surface area contributed by atoms with E-state index in [1.165, 1.54) is 16.8 Å². The van der Waals surface area contributed by atoms with E-state index >= 15 is 0 Å². The molecular weight excluding hydrogens is 327 g/mol. The molecule has 26 heavy (non-hydrogen) atoms. The number of pyridine rings is 1. The molecule has 7 rings (SSSR count). The molecule has 3 saturated heterocycles. The van der Waals surface area contributed by atoms with Gasteiger partial charge >= 0.3 is 0 Å². The Morgan fingerprint density at radius 3 is 2.85 bits per heavy atom. The SMILES string of the molecule is Fc1ccc2[nH]c3c(c2c1)CCN1[C@@H](c2cccnc2)N2CCC31CC2. The van der Waals surface area contributed by atoms with Crippen LogP contribution in [0.2, 0.25) is 0 Å². The highest BCUT2D eigenvalue weighted by molar-refractivity contribution is 5.85. The maximum absolute atomic E-state index is 13.8. The number of aromatic nitrogens is 2. The van der Waals surface area contributed by atoms with Crippen molar-refractivity contribution < 1.29 is 4.39 Å². The number of hydrogen-bond acceptors (Lipinski definition) is 3. The molecule has 0 aliphatic carbocycles. The van der Waals surface area contributed by atoms with E-state index in [0.29, 0.717) is 6.17 Å². The van der Waals surface area contributed by atoms with Crippen LogP contribution in [0.5, 0.6) is 0 Å². The summed E-state index contributed by atoms with van der Waals surface area (Å²) in [6, 6.07) is 9.38. The molecule has 1 aromatic carbocycles. The average molecular weight is 348 g/mol. The second-order valence-electron chi connectivity index (χ2n) is 7.84. The van der Waals surface area contributed by atoms with Gasteiger partial charge in [-0.1, -0.05) is 6.07 Å². The van der Waals surface area contributed by atoms with E-state index in [2.05, 4.69) is 25.8 Å². The van der Waals surface area contributed by atoms with Gasteiger partial charge in [0, 0.05) is 54.2 Å². The fraction of sp³-hybridized carbons (Fsp3) is 0.381. The zero-order valence-electron chi connectivity index (χ0n) is 14.6. The molecule has 0 saturated carbocycles. The Labute approximate surface area is 151 Å². The Kier molecular flexibility index (Phi) is 2.95. The van der Waals surface area contributed by atoms with Crippen LogP contribution >= 0.6 is 0 Å². The Morgan fingerprint density at radius 1 is 1.15 bits per heavy atom. The van der Waals surface area contributed by atoms with Crippen LogP contribution < -0.4 is 0 Å². The Bertz CT molecular complexity index is 988. The first-order valence-corrected chi connectivity index (χ1v) is 9.48. The summed E-state index contributed by atoms with van der Waals surface area (Å²) in [5.74, 6) is -0.147. The molecule has 1 N–H and O–H groups in total. The van der Waals surface area contributed by atoms with Crippen molar-refractivity contribution in [3.8, 4) is 0 Å². The average Bonchev–Trinajstić information content (AvgIpc) is 3.07. The molecule has 132 valence electrons. The molecule has 0 unspecified atom stereocenters. The largest absolute Gasteiger partial charge is 0.357 e. The van der Waals surface area contributed by atoms with E-state index in [4.69, 9.17) is 0 Å². The molecule has 5 heteroatoms. The lowest BCUT2D eigenvalue weighted by atomic mass is 9.74. The van der Waals surface area contributed by atoms with Gasteiger partial charge in [-0.15, -0.1) is 0 Å². The third-order valence-electron chi connectivity index (χ3n) is 6.73. The minimum absolute atomic E-state index is 0.0400. The van der Waals surface area contributed by atoms with Crippen LogP contribution in [0.1, 0.15) is 35.8 Å². The fourth-order valence-corrected chi connectivity index (χ4v) is 5.62. The van der Waals surface area contributed by atoms with Crippen molar-refractivity contribution in [1.29, 1.82) is 0 Å². The van der Waals surface area contributed by atoms with E-state index in [1.807, 2.05) is 24.5 Å². The normalized spacial score (nSPS) is 30.3. The maximum atomic E-state index is 13.8. The zero-order valence-corrected chi connectivity index (χ0v) is 14.6. The number of benzene rings is 1. The number of fused-ring (bicyclic) bond motifs is 5. The van der Waals surface area contributed by atoms with Crippen molar-refractivity contribution in [2.75, 3.05) is 19.6 Å². The van der Waals surface area contributed by atoms with Gasteiger partial charge in [-0.25, -0.2) is 4.39 Å². The smallest absolute Gasteiger partial charge is 0.123 e. The second kappa shape index (κ2) is 5.15. The summed E-state index contributed by atoms with van der Waals surface area (Å²) in [4.78, 5) is 13.3. The van der Waals surface area contributed by atoms with Crippen LogP contribution in [0.25, 0.3) is 10.9 Å². The van der Waals surface area contributed by atoms with E-state index in [1.54, 1.807) is 12.1 Å². The molecule has 3 aromatic rings. The highest BCUT2D eigenvalue weighted by atomic mass is 19.1. The van der Waals surface area contributed by atoms with Crippen LogP contribution in [0.4, 0.5) is 4.39 Å². The number of rotatable bonds is 1. The number of halogens is 1. The van der Waals surface area contributed by atoms with Gasteiger partial charge in [0.1, 0.15) is 5.82 Å². The molecule has 2 aromatic heterocycles. The summed E-state index contributed by atoms with van der Waals surface area (Å²) in [6.07, 6.45) is 7.37. The summed E-state index contributed by atoms with van der Waals surface area (Å²) in [7, 11) is 0. The molecule has 0 radical (unpaired) electrons. The first kappa shape index (κ1) is 14.9. The Morgan fingerprint density at radius 2 is 2.04 bits per heavy atom. The first-order chi connectivity index (χ1) is 12.8. The zero-order chi connectivity index (χ0) is 17.3. The predicted octanol–water partition coefficient (Wildman–Crippen LogP) is 3.56. The first-order valence-electron chi connectivity index (χ1n) is 9.48. The lowest BCUT2D eigenvalue weighted by molar-refractivity contribution is -0.149. The van der Waals surface area contributed by atoms with Crippen molar-refractivity contribution in [3.63, 3.8) is 0 Å². The molecule has 4 aliphatic rings. The summed E-state index contributed by atoms with van der Waals surface area (Å²) >= 11 is 0. The van der Waals surface area contributed by atoms with Gasteiger partial charge in [-0.3, -0.25) is 14.8 Å². The fourth-order valence-electron chi connectivity index (χ4n) is 5.62. The monoisotopic (exact) mass is 348 g/mol. The molecule has 6 heterocycles. The molecule has 3 fully saturated rings. The second-order valence-corrected chi connectivity index (χ2v) is 7.84. The number of aromatic amines is 1. The van der Waals surface area contributed by atoms with Crippen molar-refractivity contribution in [3.05, 3.63) is 65.4 Å². The minimum Gasteiger partial charge on any atom is -0.357 e. The molecule has 4 aliphatic heterocycles. The summed E-state index contributed by atoms with van der Waals surface area (Å²) in [5, 5.41) is 1.07. The van der Waals surface area contributed by atoms with E-state index in [0.717, 1.165) is 49.8 Å². The summed E-state index contributed by atoms with van der Waals surface area (Å²) in [6.45, 7) is 3.20. The molecule has 0 amide bonds. The minimum atomic E-state index is -0.147. The number of nitrogens with zero attached hydrogens (tertiary/aromatic N) is 3. The van der Waals surface area contributed by atoms with E-state index in [-0.39, 0.29) is 11.4 Å². The van der Waals surface area contributed by atoms with Gasteiger partial charge in [-0.2, -0.15) is 0 Å². The highest BCUT2D eigenvalue weighted by Gasteiger charge is 2.55. The molecule has 2 bridgehead atoms. The van der Waals surface area contributed by atoms with Crippen LogP contribution in [0, 0.1) is 5.82 Å². The van der Waals surface area contributed by atoms with Gasteiger partial charge < -0.3 is 4.98 Å². The summed E-state index contributed by atoms with van der Waals surface area (Å²) < 4.78 is 13.8. The third-order valence-corrected chi connectivity index (χ3v) is 6.73. The van der Waals surface area contributed by atoms with Crippen molar-refractivity contribution >= 4 is 10.9 Å². The molecule has 1 spiro atoms. The van der Waals surface area contributed by atoms with Gasteiger partial charge in [0.2, 0.25) is 0 Å². The lowest BCUT2D eigenvalue weighted by Gasteiger charge is -2.62. The van der Waals surface area contributed by atoms with Crippen molar-refractivity contribution in [1.82, 2.24) is 19.8 Å². The van der Waals surface area contributed by atoms with Gasteiger partial charge in [-0.05, 0) is 49.1 Å². The van der Waals surface area contributed by atoms with Crippen LogP contribution in [0.3, 0.4) is 0 Å². The molecule has 4 nitrogen and oxygen atoms in total. The number of hydrogen-bond donors (Lipinski definition) is 1. The highest BCUT2D eigenvalue weighted by Crippen LogP contribution is 2.53. The van der Waals surface area contributed by atoms with Gasteiger partial charge in [0.15, 0.2) is 0 Å². The van der Waals surface area contributed by atoms with E-state index in [9.17, 15) is 4.39 Å². The van der Waals surface area contributed by atoms with Gasteiger partial charge in [0.25, 0.3) is 0 Å². The van der Waals surface area contributed by atoms with Gasteiger partial charge in [0.05, 0.1) is 11.7 Å². The lowest BCUT2D eigenvalue weighted by Crippen LogP contribution is -2.66. The maximum Gasteiger partial charge on any atom is 0.123 e. The van der Waals surface area contributed by atoms with Crippen LogP contribution in [-0.4, -0.2) is 39.4 Å². The Hall–Kier alpha value is -2.24. The Balaban J connectivity index is 1.54. The third kappa shape index (κ3) is 1.82. The van der Waals surface area contributed by atoms with Crippen LogP contribution in [-0.2, 0) is 12.0 Å². The van der Waals surface area contributed by atoms with Crippen molar-refractivity contribution in [2.45, 2.75) is 31.0 Å². The molecular formula is C21H21FN4.